The van der Waals surface area contributed by atoms with Crippen molar-refractivity contribution in [1.29, 1.82) is 0 Å². The number of phenols is 1. The van der Waals surface area contributed by atoms with Gasteiger partial charge in [-0.1, -0.05) is 23.7 Å². The van der Waals surface area contributed by atoms with E-state index in [4.69, 9.17) is 16.3 Å². The van der Waals surface area contributed by atoms with Crippen LogP contribution in [0.1, 0.15) is 46.9 Å². The van der Waals surface area contributed by atoms with Gasteiger partial charge in [0.05, 0.1) is 22.9 Å². The highest BCUT2D eigenvalue weighted by molar-refractivity contribution is 6.32. The summed E-state index contributed by atoms with van der Waals surface area (Å²) in [6, 6.07) is 9.73. The van der Waals surface area contributed by atoms with Crippen molar-refractivity contribution in [1.82, 2.24) is 4.90 Å². The van der Waals surface area contributed by atoms with Crippen LogP contribution in [0, 0.1) is 0 Å². The first kappa shape index (κ1) is 20.0. The number of nitrogens with zero attached hydrogens (tertiary/aromatic N) is 1. The molecule has 2 aromatic carbocycles. The summed E-state index contributed by atoms with van der Waals surface area (Å²) in [5, 5.41) is 12.7. The maximum Gasteiger partial charge on any atom is 0.255 e. The molecule has 2 aromatic rings. The van der Waals surface area contributed by atoms with Gasteiger partial charge in [-0.25, -0.2) is 0 Å². The quantitative estimate of drug-likeness (QED) is 0.780. The number of anilines is 1. The number of benzene rings is 2. The van der Waals surface area contributed by atoms with Gasteiger partial charge < -0.3 is 20.1 Å². The van der Waals surface area contributed by atoms with Crippen molar-refractivity contribution in [3.63, 3.8) is 0 Å². The Kier molecular flexibility index (Phi) is 6.41. The zero-order chi connectivity index (χ0) is 20.1. The number of amides is 2. The molecule has 6 nitrogen and oxygen atoms in total. The lowest BCUT2D eigenvalue weighted by Crippen LogP contribution is -2.36. The third-order valence-electron chi connectivity index (χ3n) is 4.64. The van der Waals surface area contributed by atoms with E-state index < -0.39 is 5.91 Å². The van der Waals surface area contributed by atoms with Gasteiger partial charge in [0.25, 0.3) is 11.8 Å². The molecule has 0 aromatic heterocycles. The van der Waals surface area contributed by atoms with E-state index in [1.165, 1.54) is 12.1 Å². The van der Waals surface area contributed by atoms with Crippen LogP contribution >= 0.6 is 11.6 Å². The molecule has 0 atom stereocenters. The molecule has 7 heteroatoms. The third kappa shape index (κ3) is 4.39. The Morgan fingerprint density at radius 1 is 1.18 bits per heavy atom. The van der Waals surface area contributed by atoms with Gasteiger partial charge in [-0.05, 0) is 50.5 Å². The number of carbonyl (C=O) groups is 2. The van der Waals surface area contributed by atoms with E-state index in [9.17, 15) is 14.7 Å². The number of rotatable bonds is 5. The number of hydrogen-bond donors (Lipinski definition) is 2. The fraction of sp³-hybridized carbons (Fsp3) is 0.333. The second kappa shape index (κ2) is 8.97. The molecule has 1 aliphatic heterocycles. The zero-order valence-electron chi connectivity index (χ0n) is 15.7. The minimum atomic E-state index is -0.443. The van der Waals surface area contributed by atoms with Crippen LogP contribution in [-0.4, -0.2) is 41.5 Å². The molecule has 28 heavy (non-hydrogen) atoms. The zero-order valence-corrected chi connectivity index (χ0v) is 16.5. The standard InChI is InChI=1S/C21H23ClN2O4/c1-2-28-18-13-14(12-16(22)19(18)25)20(26)23-17-9-5-4-8-15(17)21(27)24-10-6-3-7-11-24/h4-5,8-9,12-13,25H,2-3,6-7,10-11H2,1H3,(H,23,26). The number of phenolic OH excluding ortho intramolecular Hbond substituents is 1. The number of piperidine rings is 1. The Balaban J connectivity index is 1.84. The average molecular weight is 403 g/mol. The fourth-order valence-corrected chi connectivity index (χ4v) is 3.42. The number of halogens is 1. The van der Waals surface area contributed by atoms with Crippen molar-refractivity contribution in [3.05, 3.63) is 52.5 Å². The van der Waals surface area contributed by atoms with Crippen molar-refractivity contribution < 1.29 is 19.4 Å². The van der Waals surface area contributed by atoms with E-state index in [1.54, 1.807) is 31.2 Å². The first-order chi connectivity index (χ1) is 13.5. The Bertz CT molecular complexity index is 879. The minimum absolute atomic E-state index is 0.0220. The van der Waals surface area contributed by atoms with Crippen molar-refractivity contribution in [3.8, 4) is 11.5 Å². The Labute approximate surface area is 169 Å². The van der Waals surface area contributed by atoms with E-state index in [1.807, 2.05) is 4.90 Å². The Hall–Kier alpha value is -2.73. The van der Waals surface area contributed by atoms with Crippen LogP contribution in [-0.2, 0) is 0 Å². The molecule has 2 amide bonds. The van der Waals surface area contributed by atoms with Crippen LogP contribution in [0.15, 0.2) is 36.4 Å². The molecule has 0 bridgehead atoms. The summed E-state index contributed by atoms with van der Waals surface area (Å²) >= 11 is 6.01. The number of ether oxygens (including phenoxy) is 1. The molecule has 3 rings (SSSR count). The molecule has 1 saturated heterocycles. The Morgan fingerprint density at radius 2 is 1.89 bits per heavy atom. The predicted octanol–water partition coefficient (Wildman–Crippen LogP) is 4.32. The largest absolute Gasteiger partial charge is 0.503 e. The van der Waals surface area contributed by atoms with Crippen molar-refractivity contribution >= 4 is 29.1 Å². The van der Waals surface area contributed by atoms with Crippen LogP contribution in [0.2, 0.25) is 5.02 Å². The SMILES string of the molecule is CCOc1cc(C(=O)Nc2ccccc2C(=O)N2CCCCC2)cc(Cl)c1O. The van der Waals surface area contributed by atoms with Gasteiger partial charge in [0, 0.05) is 18.7 Å². The average Bonchev–Trinajstić information content (AvgIpc) is 2.72. The van der Waals surface area contributed by atoms with Crippen molar-refractivity contribution in [2.45, 2.75) is 26.2 Å². The van der Waals surface area contributed by atoms with E-state index in [0.29, 0.717) is 17.9 Å². The van der Waals surface area contributed by atoms with E-state index >= 15 is 0 Å². The van der Waals surface area contributed by atoms with E-state index in [-0.39, 0.29) is 28.0 Å². The number of para-hydroxylation sites is 1. The van der Waals surface area contributed by atoms with Gasteiger partial charge >= 0.3 is 0 Å². The second-order valence-corrected chi connectivity index (χ2v) is 7.00. The fourth-order valence-electron chi connectivity index (χ4n) is 3.21. The highest BCUT2D eigenvalue weighted by Crippen LogP contribution is 2.35. The van der Waals surface area contributed by atoms with Gasteiger partial charge in [0.2, 0.25) is 0 Å². The second-order valence-electron chi connectivity index (χ2n) is 6.59. The summed E-state index contributed by atoms with van der Waals surface area (Å²) in [5.74, 6) is -0.602. The first-order valence-electron chi connectivity index (χ1n) is 9.36. The lowest BCUT2D eigenvalue weighted by molar-refractivity contribution is 0.0725. The summed E-state index contributed by atoms with van der Waals surface area (Å²) in [7, 11) is 0. The molecular weight excluding hydrogens is 380 g/mol. The van der Waals surface area contributed by atoms with Crippen LogP contribution in [0.5, 0.6) is 11.5 Å². The molecule has 0 unspecified atom stereocenters. The van der Waals surface area contributed by atoms with Gasteiger partial charge in [0.1, 0.15) is 0 Å². The highest BCUT2D eigenvalue weighted by atomic mass is 35.5. The Morgan fingerprint density at radius 3 is 2.61 bits per heavy atom. The smallest absolute Gasteiger partial charge is 0.255 e. The highest BCUT2D eigenvalue weighted by Gasteiger charge is 2.22. The number of nitrogens with one attached hydrogen (secondary N) is 1. The molecule has 0 saturated carbocycles. The van der Waals surface area contributed by atoms with Crippen LogP contribution < -0.4 is 10.1 Å². The molecule has 1 aliphatic rings. The molecule has 0 aliphatic carbocycles. The molecule has 148 valence electrons. The third-order valence-corrected chi connectivity index (χ3v) is 4.93. The summed E-state index contributed by atoms with van der Waals surface area (Å²) < 4.78 is 5.32. The summed E-state index contributed by atoms with van der Waals surface area (Å²) in [6.45, 7) is 3.55. The first-order valence-corrected chi connectivity index (χ1v) is 9.74. The molecule has 1 fully saturated rings. The van der Waals surface area contributed by atoms with Crippen LogP contribution in [0.3, 0.4) is 0 Å². The molecule has 0 spiro atoms. The lowest BCUT2D eigenvalue weighted by atomic mass is 10.1. The summed E-state index contributed by atoms with van der Waals surface area (Å²) in [5.41, 5.74) is 1.12. The van der Waals surface area contributed by atoms with Gasteiger partial charge in [0.15, 0.2) is 11.5 Å². The monoisotopic (exact) mass is 402 g/mol. The van der Waals surface area contributed by atoms with Crippen LogP contribution in [0.25, 0.3) is 0 Å². The van der Waals surface area contributed by atoms with E-state index in [0.717, 1.165) is 32.4 Å². The van der Waals surface area contributed by atoms with Gasteiger partial charge in [-0.15, -0.1) is 0 Å². The molecule has 2 N–H and O–H groups in total. The molecule has 0 radical (unpaired) electrons. The minimum Gasteiger partial charge on any atom is -0.503 e. The van der Waals surface area contributed by atoms with Gasteiger partial charge in [-0.3, -0.25) is 9.59 Å². The number of carbonyl (C=O) groups excluding carboxylic acids is 2. The maximum atomic E-state index is 12.9. The van der Waals surface area contributed by atoms with Crippen molar-refractivity contribution in [2.75, 3.05) is 25.0 Å². The molecular formula is C21H23ClN2O4. The van der Waals surface area contributed by atoms with Crippen LogP contribution in [0.4, 0.5) is 5.69 Å². The normalized spacial score (nSPS) is 13.9. The predicted molar refractivity (Wildman–Crippen MR) is 108 cm³/mol. The van der Waals surface area contributed by atoms with Crippen molar-refractivity contribution in [2.24, 2.45) is 0 Å². The number of hydrogen-bond acceptors (Lipinski definition) is 4. The summed E-state index contributed by atoms with van der Waals surface area (Å²) in [6.07, 6.45) is 3.12. The lowest BCUT2D eigenvalue weighted by Gasteiger charge is -2.27. The molecule has 1 heterocycles. The summed E-state index contributed by atoms with van der Waals surface area (Å²) in [4.78, 5) is 27.4. The maximum absolute atomic E-state index is 12.9. The number of aromatic hydroxyl groups is 1. The van der Waals surface area contributed by atoms with Gasteiger partial charge in [-0.2, -0.15) is 0 Å². The van der Waals surface area contributed by atoms with E-state index in [2.05, 4.69) is 5.32 Å². The topological polar surface area (TPSA) is 78.9 Å². The number of likely N-dealkylation sites (tertiary alicyclic amines) is 1.